The van der Waals surface area contributed by atoms with Crippen molar-refractivity contribution < 1.29 is 30.7 Å². The lowest BCUT2D eigenvalue weighted by Gasteiger charge is -2.34. The molecule has 0 saturated carbocycles. The van der Waals surface area contributed by atoms with Gasteiger partial charge in [-0.1, -0.05) is 0 Å². The summed E-state index contributed by atoms with van der Waals surface area (Å²) in [6.45, 7) is 0. The standard InChI is InChI=1S/C7H7F7S2/c8-5(9,4-15-2-1-3-16-4)6(10,11)7(12,13)14/h4H,1-3H2. The van der Waals surface area contributed by atoms with Crippen LogP contribution in [-0.2, 0) is 0 Å². The van der Waals surface area contributed by atoms with Crippen LogP contribution in [0.5, 0.6) is 0 Å². The zero-order valence-corrected chi connectivity index (χ0v) is 9.29. The molecule has 1 aliphatic heterocycles. The molecular weight excluding hydrogens is 281 g/mol. The van der Waals surface area contributed by atoms with E-state index in [1.54, 1.807) is 0 Å². The normalized spacial score (nSPS) is 21.2. The first kappa shape index (κ1) is 14.3. The van der Waals surface area contributed by atoms with Crippen LogP contribution in [0.2, 0.25) is 0 Å². The quantitative estimate of drug-likeness (QED) is 0.704. The van der Waals surface area contributed by atoms with Crippen LogP contribution in [0, 0.1) is 0 Å². The second-order valence-electron chi connectivity index (χ2n) is 3.12. The second-order valence-corrected chi connectivity index (χ2v) is 5.85. The molecule has 0 amide bonds. The molecule has 0 radical (unpaired) electrons. The molecule has 0 N–H and O–H groups in total. The van der Waals surface area contributed by atoms with Crippen LogP contribution in [-0.4, -0.2) is 34.1 Å². The fraction of sp³-hybridized carbons (Fsp3) is 1.00. The average molecular weight is 288 g/mol. The predicted molar refractivity (Wildman–Crippen MR) is 49.3 cm³/mol. The van der Waals surface area contributed by atoms with Crippen molar-refractivity contribution in [2.75, 3.05) is 11.5 Å². The first-order valence-electron chi connectivity index (χ1n) is 4.16. The van der Waals surface area contributed by atoms with E-state index in [9.17, 15) is 30.7 Å². The van der Waals surface area contributed by atoms with Crippen molar-refractivity contribution in [3.63, 3.8) is 0 Å². The maximum absolute atomic E-state index is 13.1. The lowest BCUT2D eigenvalue weighted by molar-refractivity contribution is -0.350. The highest BCUT2D eigenvalue weighted by molar-refractivity contribution is 8.17. The van der Waals surface area contributed by atoms with Gasteiger partial charge >= 0.3 is 18.0 Å². The lowest BCUT2D eigenvalue weighted by atomic mass is 10.2. The smallest absolute Gasteiger partial charge is 0.197 e. The summed E-state index contributed by atoms with van der Waals surface area (Å²) in [5.74, 6) is -10.7. The van der Waals surface area contributed by atoms with E-state index in [2.05, 4.69) is 0 Å². The number of hydrogen-bond donors (Lipinski definition) is 0. The van der Waals surface area contributed by atoms with Gasteiger partial charge in [-0.25, -0.2) is 0 Å². The van der Waals surface area contributed by atoms with Gasteiger partial charge in [-0.15, -0.1) is 23.5 Å². The summed E-state index contributed by atoms with van der Waals surface area (Å²) < 4.78 is 84.8. The molecule has 0 atom stereocenters. The number of halogens is 7. The van der Waals surface area contributed by atoms with Crippen LogP contribution >= 0.6 is 23.5 Å². The van der Waals surface area contributed by atoms with Crippen LogP contribution in [0.25, 0.3) is 0 Å². The van der Waals surface area contributed by atoms with Crippen LogP contribution in [0.15, 0.2) is 0 Å². The molecule has 1 fully saturated rings. The summed E-state index contributed by atoms with van der Waals surface area (Å²) in [6.07, 6.45) is -5.70. The largest absolute Gasteiger partial charge is 0.459 e. The van der Waals surface area contributed by atoms with Gasteiger partial charge in [0.2, 0.25) is 0 Å². The number of rotatable bonds is 2. The van der Waals surface area contributed by atoms with Crippen molar-refractivity contribution in [3.05, 3.63) is 0 Å². The topological polar surface area (TPSA) is 0 Å². The predicted octanol–water partition coefficient (Wildman–Crippen LogP) is 4.02. The number of alkyl halides is 7. The summed E-state index contributed by atoms with van der Waals surface area (Å²) in [5.41, 5.74) is 0. The van der Waals surface area contributed by atoms with Crippen molar-refractivity contribution in [3.8, 4) is 0 Å². The van der Waals surface area contributed by atoms with Crippen molar-refractivity contribution >= 4 is 23.5 Å². The Balaban J connectivity index is 2.90. The van der Waals surface area contributed by atoms with E-state index in [-0.39, 0.29) is 11.5 Å². The zero-order chi connectivity index (χ0) is 12.6. The fourth-order valence-electron chi connectivity index (χ4n) is 1.03. The highest BCUT2D eigenvalue weighted by Crippen LogP contribution is 2.54. The third-order valence-corrected chi connectivity index (χ3v) is 4.96. The molecule has 16 heavy (non-hydrogen) atoms. The molecule has 9 heteroatoms. The molecule has 0 aromatic rings. The van der Waals surface area contributed by atoms with Gasteiger partial charge in [0.25, 0.3) is 0 Å². The minimum Gasteiger partial charge on any atom is -0.197 e. The Bertz CT molecular complexity index is 244. The third-order valence-electron chi connectivity index (χ3n) is 1.90. The molecule has 0 spiro atoms. The highest BCUT2D eigenvalue weighted by Gasteiger charge is 2.75. The monoisotopic (exact) mass is 288 g/mol. The SMILES string of the molecule is FC(F)(F)C(F)(F)C(F)(F)C1SCCCS1. The molecule has 96 valence electrons. The molecule has 0 bridgehead atoms. The first-order valence-corrected chi connectivity index (χ1v) is 6.26. The Morgan fingerprint density at radius 3 is 1.62 bits per heavy atom. The Morgan fingerprint density at radius 1 is 0.812 bits per heavy atom. The minimum atomic E-state index is -6.23. The summed E-state index contributed by atoms with van der Waals surface area (Å²) in [4.78, 5) is 0. The van der Waals surface area contributed by atoms with Crippen LogP contribution in [0.4, 0.5) is 30.7 Å². The molecule has 0 aromatic carbocycles. The molecule has 0 nitrogen and oxygen atoms in total. The van der Waals surface area contributed by atoms with E-state index >= 15 is 0 Å². The van der Waals surface area contributed by atoms with Gasteiger partial charge in [-0.2, -0.15) is 30.7 Å². The Morgan fingerprint density at radius 2 is 1.25 bits per heavy atom. The Kier molecular flexibility index (Phi) is 3.99. The molecule has 1 heterocycles. The van der Waals surface area contributed by atoms with Gasteiger partial charge in [0.15, 0.2) is 0 Å². The zero-order valence-electron chi connectivity index (χ0n) is 7.66. The van der Waals surface area contributed by atoms with Gasteiger partial charge in [-0.3, -0.25) is 0 Å². The fourth-order valence-corrected chi connectivity index (χ4v) is 3.94. The van der Waals surface area contributed by atoms with Crippen molar-refractivity contribution in [2.24, 2.45) is 0 Å². The summed E-state index contributed by atoms with van der Waals surface area (Å²) in [6, 6.07) is 0. The first-order chi connectivity index (χ1) is 7.11. The van der Waals surface area contributed by atoms with Gasteiger partial charge in [0.05, 0.1) is 0 Å². The minimum absolute atomic E-state index is 0.168. The van der Waals surface area contributed by atoms with Crippen LogP contribution in [0.1, 0.15) is 6.42 Å². The Labute approximate surface area is 95.3 Å². The molecule has 0 aliphatic carbocycles. The maximum Gasteiger partial charge on any atom is 0.459 e. The van der Waals surface area contributed by atoms with E-state index in [1.807, 2.05) is 0 Å². The number of hydrogen-bond acceptors (Lipinski definition) is 2. The summed E-state index contributed by atoms with van der Waals surface area (Å²) >= 11 is 0.892. The average Bonchev–Trinajstić information content (AvgIpc) is 2.17. The van der Waals surface area contributed by atoms with E-state index < -0.39 is 22.6 Å². The Hall–Kier alpha value is 0.210. The van der Waals surface area contributed by atoms with E-state index in [0.717, 1.165) is 0 Å². The molecule has 1 saturated heterocycles. The second kappa shape index (κ2) is 4.47. The van der Waals surface area contributed by atoms with Crippen molar-refractivity contribution in [1.82, 2.24) is 0 Å². The van der Waals surface area contributed by atoms with Gasteiger partial charge in [0, 0.05) is 0 Å². The molecular formula is C7H7F7S2. The van der Waals surface area contributed by atoms with Gasteiger partial charge in [-0.05, 0) is 17.9 Å². The molecule has 1 rings (SSSR count). The third kappa shape index (κ3) is 2.39. The molecule has 0 unspecified atom stereocenters. The highest BCUT2D eigenvalue weighted by atomic mass is 32.2. The van der Waals surface area contributed by atoms with E-state index in [4.69, 9.17) is 0 Å². The lowest BCUT2D eigenvalue weighted by Crippen LogP contribution is -2.56. The van der Waals surface area contributed by atoms with Gasteiger partial charge in [0.1, 0.15) is 4.58 Å². The maximum atomic E-state index is 13.1. The van der Waals surface area contributed by atoms with E-state index in [0.29, 0.717) is 29.9 Å². The van der Waals surface area contributed by atoms with Crippen LogP contribution < -0.4 is 0 Å². The molecule has 1 aliphatic rings. The van der Waals surface area contributed by atoms with E-state index in [1.165, 1.54) is 0 Å². The van der Waals surface area contributed by atoms with Crippen molar-refractivity contribution in [1.29, 1.82) is 0 Å². The van der Waals surface area contributed by atoms with Crippen molar-refractivity contribution in [2.45, 2.75) is 29.0 Å². The number of thioether (sulfide) groups is 2. The molecule has 0 aromatic heterocycles. The summed E-state index contributed by atoms with van der Waals surface area (Å²) in [7, 11) is 0. The summed E-state index contributed by atoms with van der Waals surface area (Å²) in [5, 5.41) is 0. The van der Waals surface area contributed by atoms with Gasteiger partial charge < -0.3 is 0 Å². The van der Waals surface area contributed by atoms with Crippen LogP contribution in [0.3, 0.4) is 0 Å².